The van der Waals surface area contributed by atoms with Crippen LogP contribution in [0.1, 0.15) is 44.5 Å². The second kappa shape index (κ2) is 16.8. The summed E-state index contributed by atoms with van der Waals surface area (Å²) in [5.74, 6) is 3.56. The van der Waals surface area contributed by atoms with Crippen LogP contribution in [0.15, 0.2) is 285 Å². The van der Waals surface area contributed by atoms with E-state index >= 15 is 0 Å². The van der Waals surface area contributed by atoms with E-state index in [0.717, 1.165) is 84.6 Å². The van der Waals surface area contributed by atoms with Crippen LogP contribution in [0.25, 0.3) is 55.6 Å². The summed E-state index contributed by atoms with van der Waals surface area (Å²) in [4.78, 5) is 2.46. The fourth-order valence-electron chi connectivity index (χ4n) is 13.8. The van der Waals surface area contributed by atoms with Gasteiger partial charge in [-0.2, -0.15) is 0 Å². The Kier molecular flexibility index (Phi) is 9.47. The molecule has 16 rings (SSSR count). The van der Waals surface area contributed by atoms with Crippen LogP contribution in [0, 0.1) is 0 Å². The number of ether oxygens (including phenoxy) is 2. The predicted octanol–water partition coefficient (Wildman–Crippen LogP) is 19.1. The second-order valence-corrected chi connectivity index (χ2v) is 20.6. The molecule has 4 aliphatic rings. The lowest BCUT2D eigenvalue weighted by atomic mass is 9.66. The largest absolute Gasteiger partial charge is 0.457 e. The Bertz CT molecular complexity index is 4290. The van der Waals surface area contributed by atoms with Gasteiger partial charge < -0.3 is 14.4 Å². The summed E-state index contributed by atoms with van der Waals surface area (Å²) in [6.45, 7) is 0. The van der Waals surface area contributed by atoms with Gasteiger partial charge >= 0.3 is 0 Å². The van der Waals surface area contributed by atoms with E-state index in [0.29, 0.717) is 0 Å². The first-order valence-electron chi connectivity index (χ1n) is 26.6. The number of rotatable bonds is 6. The maximum Gasteiger partial charge on any atom is 0.132 e. The Morgan fingerprint density at radius 1 is 0.234 bits per heavy atom. The van der Waals surface area contributed by atoms with Crippen molar-refractivity contribution in [1.29, 1.82) is 0 Å². The third kappa shape index (κ3) is 6.14. The molecule has 0 fully saturated rings. The predicted molar refractivity (Wildman–Crippen MR) is 312 cm³/mol. The zero-order valence-corrected chi connectivity index (χ0v) is 41.9. The van der Waals surface area contributed by atoms with Crippen molar-refractivity contribution in [2.24, 2.45) is 0 Å². The molecule has 360 valence electrons. The van der Waals surface area contributed by atoms with Crippen molar-refractivity contribution in [1.82, 2.24) is 0 Å². The van der Waals surface area contributed by atoms with Crippen molar-refractivity contribution < 1.29 is 9.47 Å². The molecule has 0 aromatic heterocycles. The molecule has 2 spiro atoms. The van der Waals surface area contributed by atoms with Crippen LogP contribution in [-0.2, 0) is 10.8 Å². The molecule has 2 heterocycles. The Morgan fingerprint density at radius 3 is 1.26 bits per heavy atom. The highest BCUT2D eigenvalue weighted by Crippen LogP contribution is 2.65. The summed E-state index contributed by atoms with van der Waals surface area (Å²) in [6, 6.07) is 104. The summed E-state index contributed by atoms with van der Waals surface area (Å²) >= 11 is 0. The highest BCUT2D eigenvalue weighted by molar-refractivity contribution is 5.99. The van der Waals surface area contributed by atoms with Gasteiger partial charge in [-0.1, -0.05) is 224 Å². The number of para-hydroxylation sites is 5. The zero-order valence-electron chi connectivity index (χ0n) is 41.9. The monoisotopic (exact) mass is 981 g/mol. The first kappa shape index (κ1) is 43.4. The van der Waals surface area contributed by atoms with Crippen molar-refractivity contribution in [3.63, 3.8) is 0 Å². The van der Waals surface area contributed by atoms with E-state index in [4.69, 9.17) is 9.47 Å². The lowest BCUT2D eigenvalue weighted by Gasteiger charge is -2.39. The summed E-state index contributed by atoms with van der Waals surface area (Å²) in [7, 11) is 0. The summed E-state index contributed by atoms with van der Waals surface area (Å²) < 4.78 is 13.4. The topological polar surface area (TPSA) is 21.7 Å². The number of anilines is 3. The second-order valence-electron chi connectivity index (χ2n) is 20.6. The van der Waals surface area contributed by atoms with Gasteiger partial charge in [-0.25, -0.2) is 0 Å². The smallest absolute Gasteiger partial charge is 0.132 e. The molecule has 3 heteroatoms. The highest BCUT2D eigenvalue weighted by atomic mass is 16.5. The van der Waals surface area contributed by atoms with Gasteiger partial charge in [0.2, 0.25) is 0 Å². The van der Waals surface area contributed by atoms with Crippen molar-refractivity contribution in [3.8, 4) is 78.6 Å². The summed E-state index contributed by atoms with van der Waals surface area (Å²) in [6.07, 6.45) is 0. The van der Waals surface area contributed by atoms with Crippen LogP contribution in [-0.4, -0.2) is 0 Å². The quantitative estimate of drug-likeness (QED) is 0.166. The molecule has 3 nitrogen and oxygen atoms in total. The molecule has 0 atom stereocenters. The molecule has 0 N–H and O–H groups in total. The van der Waals surface area contributed by atoms with E-state index in [1.54, 1.807) is 0 Å². The molecule has 2 aliphatic carbocycles. The van der Waals surface area contributed by atoms with Crippen LogP contribution in [0.4, 0.5) is 17.1 Å². The Labute approximate surface area is 448 Å². The Morgan fingerprint density at radius 2 is 0.636 bits per heavy atom. The maximum absolute atomic E-state index is 6.69. The standard InChI is InChI=1S/C74H47NO2/c1-2-21-48(22-3-1)49-23-18-25-52(45-49)75(53-26-19-24-50(46-53)55-30-20-37-66-72(55)57-29-5-8-32-60(57)74(66)64-35-11-16-41-70(64)77-71-42-17-12-36-65(71)74)67-38-13-6-27-54(67)51-43-44-61-58(47-51)56-28-4-7-31-59(56)73(61)62-33-9-14-39-68(62)76-69-40-15-10-34-63(69)73/h1-47H. The third-order valence-electron chi connectivity index (χ3n) is 16.8. The minimum Gasteiger partial charge on any atom is -0.457 e. The van der Waals surface area contributed by atoms with Gasteiger partial charge in [0.1, 0.15) is 23.0 Å². The number of hydrogen-bond acceptors (Lipinski definition) is 3. The molecule has 0 amide bonds. The van der Waals surface area contributed by atoms with E-state index in [1.165, 1.54) is 55.6 Å². The SMILES string of the molecule is c1ccc(-c2cccc(N(c3cccc(-c4cccc5c4-c4ccccc4C54c5ccccc5Oc5ccccc54)c3)c3ccccc3-c3ccc4c(c3)-c3ccccc3C43c4ccccc4Oc4ccccc43)c2)cc1. The molecular formula is C74H47NO2. The molecule has 0 unspecified atom stereocenters. The lowest BCUT2D eigenvalue weighted by Crippen LogP contribution is -2.32. The van der Waals surface area contributed by atoms with Gasteiger partial charge in [0, 0.05) is 39.2 Å². The van der Waals surface area contributed by atoms with E-state index in [1.807, 2.05) is 0 Å². The van der Waals surface area contributed by atoms with E-state index in [-0.39, 0.29) is 0 Å². The summed E-state index contributed by atoms with van der Waals surface area (Å²) in [5, 5.41) is 0. The highest BCUT2D eigenvalue weighted by Gasteiger charge is 2.53. The number of nitrogens with zero attached hydrogens (tertiary/aromatic N) is 1. The van der Waals surface area contributed by atoms with Crippen molar-refractivity contribution in [3.05, 3.63) is 330 Å². The molecule has 0 bridgehead atoms. The molecule has 2 aliphatic heterocycles. The van der Waals surface area contributed by atoms with Gasteiger partial charge in [-0.15, -0.1) is 0 Å². The van der Waals surface area contributed by atoms with Crippen LogP contribution in [0.5, 0.6) is 23.0 Å². The maximum atomic E-state index is 6.69. The Hall–Kier alpha value is -9.96. The van der Waals surface area contributed by atoms with Gasteiger partial charge in [0.15, 0.2) is 0 Å². The number of fused-ring (bicyclic) bond motifs is 18. The zero-order chi connectivity index (χ0) is 50.7. The Balaban J connectivity index is 0.896. The van der Waals surface area contributed by atoms with Crippen molar-refractivity contribution >= 4 is 17.1 Å². The number of hydrogen-bond donors (Lipinski definition) is 0. The summed E-state index contributed by atoms with van der Waals surface area (Å²) in [5.41, 5.74) is 23.6. The van der Waals surface area contributed by atoms with Gasteiger partial charge in [-0.3, -0.25) is 0 Å². The average molecular weight is 982 g/mol. The molecular weight excluding hydrogens is 935 g/mol. The normalized spacial score (nSPS) is 13.9. The molecule has 77 heavy (non-hydrogen) atoms. The third-order valence-corrected chi connectivity index (χ3v) is 16.8. The van der Waals surface area contributed by atoms with E-state index in [2.05, 4.69) is 290 Å². The van der Waals surface area contributed by atoms with Gasteiger partial charge in [0.05, 0.1) is 16.5 Å². The minimum atomic E-state index is -0.568. The minimum absolute atomic E-state index is 0.547. The van der Waals surface area contributed by atoms with Gasteiger partial charge in [-0.05, 0) is 133 Å². The van der Waals surface area contributed by atoms with Crippen LogP contribution in [0.3, 0.4) is 0 Å². The van der Waals surface area contributed by atoms with E-state index in [9.17, 15) is 0 Å². The first-order valence-corrected chi connectivity index (χ1v) is 26.6. The first-order chi connectivity index (χ1) is 38.2. The average Bonchev–Trinajstić information content (AvgIpc) is 4.19. The fourth-order valence-corrected chi connectivity index (χ4v) is 13.8. The lowest BCUT2D eigenvalue weighted by molar-refractivity contribution is 0.436. The van der Waals surface area contributed by atoms with Gasteiger partial charge in [0.25, 0.3) is 0 Å². The molecule has 0 radical (unpaired) electrons. The molecule has 0 saturated heterocycles. The molecule has 12 aromatic carbocycles. The molecule has 0 saturated carbocycles. The fraction of sp³-hybridized carbons (Fsp3) is 0.0270. The molecule has 12 aromatic rings. The van der Waals surface area contributed by atoms with Crippen molar-refractivity contribution in [2.45, 2.75) is 10.8 Å². The number of benzene rings is 12. The van der Waals surface area contributed by atoms with E-state index < -0.39 is 10.8 Å². The van der Waals surface area contributed by atoms with Crippen LogP contribution >= 0.6 is 0 Å². The van der Waals surface area contributed by atoms with Crippen molar-refractivity contribution in [2.75, 3.05) is 4.90 Å². The van der Waals surface area contributed by atoms with Crippen LogP contribution in [0.2, 0.25) is 0 Å². The van der Waals surface area contributed by atoms with Crippen LogP contribution < -0.4 is 14.4 Å².